The van der Waals surface area contributed by atoms with Gasteiger partial charge in [0.1, 0.15) is 0 Å². The van der Waals surface area contributed by atoms with Crippen LogP contribution in [0, 0.1) is 5.92 Å². The molecule has 1 aromatic carbocycles. The average molecular weight is 400 g/mol. The van der Waals surface area contributed by atoms with Crippen molar-refractivity contribution >= 4 is 11.9 Å². The molecule has 2 aliphatic heterocycles. The molecular weight excluding hydrogens is 366 g/mol. The number of aliphatic hydroxyl groups excluding tert-OH is 1. The van der Waals surface area contributed by atoms with Crippen LogP contribution in [0.25, 0.3) is 0 Å². The molecule has 6 heteroatoms. The summed E-state index contributed by atoms with van der Waals surface area (Å²) in [6.45, 7) is 4.91. The molecule has 3 fully saturated rings. The lowest BCUT2D eigenvalue weighted by Gasteiger charge is -2.70. The number of amides is 3. The first kappa shape index (κ1) is 20.2. The Hall–Kier alpha value is -2.08. The largest absolute Gasteiger partial charge is 0.394 e. The highest BCUT2D eigenvalue weighted by Crippen LogP contribution is 2.54. The summed E-state index contributed by atoms with van der Waals surface area (Å²) < 4.78 is 0. The van der Waals surface area contributed by atoms with Crippen LogP contribution in [0.5, 0.6) is 0 Å². The lowest BCUT2D eigenvalue weighted by molar-refractivity contribution is -0.197. The number of carbonyl (C=O) groups excluding carboxylic acids is 2. The Kier molecular flexibility index (Phi) is 5.56. The number of nitrogens with zero attached hydrogens (tertiary/aromatic N) is 2. The van der Waals surface area contributed by atoms with Crippen molar-refractivity contribution in [1.29, 1.82) is 0 Å². The van der Waals surface area contributed by atoms with Crippen LogP contribution in [0.4, 0.5) is 4.79 Å². The molecule has 0 radical (unpaired) electrons. The van der Waals surface area contributed by atoms with Crippen molar-refractivity contribution in [2.24, 2.45) is 5.92 Å². The van der Waals surface area contributed by atoms with Crippen LogP contribution in [0.2, 0.25) is 0 Å². The standard InChI is InChI=1S/C23H33N3O3/c1-16(2)24-22(29)25-14-23(15-25)20(17-9-5-3-6-10-17)19(13-27)26(23)21(28)18-11-7-4-8-12-18/h3,5-6,9-10,16,18-20,27H,4,7-8,11-15H2,1-2H3,(H,24,29)/t19-,20+/m1/s1. The summed E-state index contributed by atoms with van der Waals surface area (Å²) in [6.07, 6.45) is 5.29. The van der Waals surface area contributed by atoms with Gasteiger partial charge >= 0.3 is 6.03 Å². The van der Waals surface area contributed by atoms with Crippen molar-refractivity contribution in [3.05, 3.63) is 35.9 Å². The van der Waals surface area contributed by atoms with E-state index in [0.717, 1.165) is 31.2 Å². The number of carbonyl (C=O) groups is 2. The number of likely N-dealkylation sites (tertiary alicyclic amines) is 2. The molecule has 2 heterocycles. The second-order valence-electron chi connectivity index (χ2n) is 9.25. The van der Waals surface area contributed by atoms with Gasteiger partial charge < -0.3 is 20.2 Å². The summed E-state index contributed by atoms with van der Waals surface area (Å²) >= 11 is 0. The van der Waals surface area contributed by atoms with E-state index in [-0.39, 0.29) is 42.5 Å². The van der Waals surface area contributed by atoms with Gasteiger partial charge in [-0.15, -0.1) is 0 Å². The summed E-state index contributed by atoms with van der Waals surface area (Å²) in [6, 6.07) is 9.95. The zero-order chi connectivity index (χ0) is 20.6. The predicted molar refractivity (Wildman–Crippen MR) is 111 cm³/mol. The fraction of sp³-hybridized carbons (Fsp3) is 0.652. The Balaban J connectivity index is 1.59. The molecule has 0 bridgehead atoms. The third-order valence-corrected chi connectivity index (χ3v) is 6.94. The molecule has 2 saturated heterocycles. The average Bonchev–Trinajstić information content (AvgIpc) is 2.67. The molecule has 3 aliphatic rings. The smallest absolute Gasteiger partial charge is 0.317 e. The number of rotatable bonds is 4. The van der Waals surface area contributed by atoms with Crippen LogP contribution < -0.4 is 5.32 Å². The van der Waals surface area contributed by atoms with Crippen molar-refractivity contribution in [2.45, 2.75) is 69.5 Å². The minimum absolute atomic E-state index is 0.0437. The minimum atomic E-state index is -0.391. The Morgan fingerprint density at radius 2 is 1.79 bits per heavy atom. The highest BCUT2D eigenvalue weighted by Gasteiger charge is 2.68. The highest BCUT2D eigenvalue weighted by molar-refractivity contribution is 5.84. The maximum atomic E-state index is 13.5. The Bertz CT molecular complexity index is 739. The van der Waals surface area contributed by atoms with E-state index in [9.17, 15) is 14.7 Å². The van der Waals surface area contributed by atoms with Gasteiger partial charge in [0.05, 0.1) is 18.2 Å². The molecule has 0 unspecified atom stereocenters. The van der Waals surface area contributed by atoms with Crippen LogP contribution in [0.1, 0.15) is 57.4 Å². The second-order valence-corrected chi connectivity index (χ2v) is 9.25. The van der Waals surface area contributed by atoms with Gasteiger partial charge in [0, 0.05) is 31.0 Å². The van der Waals surface area contributed by atoms with Crippen molar-refractivity contribution in [2.75, 3.05) is 19.7 Å². The van der Waals surface area contributed by atoms with Gasteiger partial charge in [-0.3, -0.25) is 4.79 Å². The quantitative estimate of drug-likeness (QED) is 0.818. The first-order valence-corrected chi connectivity index (χ1v) is 11.0. The third-order valence-electron chi connectivity index (χ3n) is 6.94. The molecule has 4 rings (SSSR count). The molecule has 3 amide bonds. The summed E-state index contributed by atoms with van der Waals surface area (Å²) in [5.74, 6) is 0.300. The molecule has 0 aromatic heterocycles. The molecule has 1 aliphatic carbocycles. The van der Waals surface area contributed by atoms with Crippen molar-refractivity contribution in [3.8, 4) is 0 Å². The zero-order valence-corrected chi connectivity index (χ0v) is 17.5. The molecule has 2 N–H and O–H groups in total. The number of hydrogen-bond acceptors (Lipinski definition) is 3. The van der Waals surface area contributed by atoms with Gasteiger partial charge in [-0.1, -0.05) is 49.6 Å². The van der Waals surface area contributed by atoms with E-state index in [2.05, 4.69) is 17.4 Å². The van der Waals surface area contributed by atoms with Crippen molar-refractivity contribution < 1.29 is 14.7 Å². The van der Waals surface area contributed by atoms with E-state index in [4.69, 9.17) is 0 Å². The lowest BCUT2D eigenvalue weighted by Crippen LogP contribution is -2.86. The van der Waals surface area contributed by atoms with E-state index < -0.39 is 5.54 Å². The topological polar surface area (TPSA) is 72.9 Å². The van der Waals surface area contributed by atoms with Crippen molar-refractivity contribution in [1.82, 2.24) is 15.1 Å². The van der Waals surface area contributed by atoms with Crippen LogP contribution in [0.15, 0.2) is 30.3 Å². The first-order valence-electron chi connectivity index (χ1n) is 11.0. The molecule has 158 valence electrons. The maximum absolute atomic E-state index is 13.5. The second kappa shape index (κ2) is 7.98. The zero-order valence-electron chi connectivity index (χ0n) is 17.5. The van der Waals surface area contributed by atoms with Crippen LogP contribution >= 0.6 is 0 Å². The fourth-order valence-corrected chi connectivity index (χ4v) is 5.66. The molecule has 29 heavy (non-hydrogen) atoms. The lowest BCUT2D eigenvalue weighted by atomic mass is 9.60. The number of nitrogens with one attached hydrogen (secondary N) is 1. The molecule has 1 saturated carbocycles. The molecule has 1 aromatic rings. The van der Waals surface area contributed by atoms with Crippen LogP contribution in [-0.2, 0) is 4.79 Å². The number of hydrogen-bond donors (Lipinski definition) is 2. The summed E-state index contributed by atoms with van der Waals surface area (Å²) in [5, 5.41) is 13.1. The molecule has 6 nitrogen and oxygen atoms in total. The number of benzene rings is 1. The van der Waals surface area contributed by atoms with Crippen LogP contribution in [-0.4, -0.2) is 64.2 Å². The van der Waals surface area contributed by atoms with Gasteiger partial charge in [0.15, 0.2) is 0 Å². The van der Waals surface area contributed by atoms with Gasteiger partial charge in [0.25, 0.3) is 0 Å². The summed E-state index contributed by atoms with van der Waals surface area (Å²) in [4.78, 5) is 29.7. The Labute approximate surface area is 173 Å². The van der Waals surface area contributed by atoms with E-state index >= 15 is 0 Å². The SMILES string of the molecule is CC(C)NC(=O)N1CC2(C1)[C@@H](c1ccccc1)[C@@H](CO)N2C(=O)C1CCCCC1. The van der Waals surface area contributed by atoms with E-state index in [1.807, 2.05) is 36.9 Å². The predicted octanol–water partition coefficient (Wildman–Crippen LogP) is 2.73. The molecule has 1 spiro atoms. The Morgan fingerprint density at radius 1 is 1.14 bits per heavy atom. The summed E-state index contributed by atoms with van der Waals surface area (Å²) in [5.41, 5.74) is 0.751. The molecular formula is C23H33N3O3. The monoisotopic (exact) mass is 399 g/mol. The van der Waals surface area contributed by atoms with Gasteiger partial charge in [-0.25, -0.2) is 4.79 Å². The first-order chi connectivity index (χ1) is 14.0. The maximum Gasteiger partial charge on any atom is 0.317 e. The van der Waals surface area contributed by atoms with Crippen molar-refractivity contribution in [3.63, 3.8) is 0 Å². The fourth-order valence-electron chi connectivity index (χ4n) is 5.66. The molecule has 2 atom stereocenters. The van der Waals surface area contributed by atoms with E-state index in [0.29, 0.717) is 13.1 Å². The Morgan fingerprint density at radius 3 is 2.38 bits per heavy atom. The normalized spacial score (nSPS) is 26.2. The van der Waals surface area contributed by atoms with Gasteiger partial charge in [-0.05, 0) is 32.3 Å². The minimum Gasteiger partial charge on any atom is -0.394 e. The number of urea groups is 1. The van der Waals surface area contributed by atoms with Crippen LogP contribution in [0.3, 0.4) is 0 Å². The van der Waals surface area contributed by atoms with E-state index in [1.54, 1.807) is 4.90 Å². The summed E-state index contributed by atoms with van der Waals surface area (Å²) in [7, 11) is 0. The van der Waals surface area contributed by atoms with Gasteiger partial charge in [-0.2, -0.15) is 0 Å². The van der Waals surface area contributed by atoms with Gasteiger partial charge in [0.2, 0.25) is 5.91 Å². The van der Waals surface area contributed by atoms with E-state index in [1.165, 1.54) is 6.42 Å². The highest BCUT2D eigenvalue weighted by atomic mass is 16.3. The third kappa shape index (κ3) is 3.41. The number of aliphatic hydroxyl groups is 1.